The summed E-state index contributed by atoms with van der Waals surface area (Å²) in [4.78, 5) is 27.7. The summed E-state index contributed by atoms with van der Waals surface area (Å²) in [6, 6.07) is 17.8. The highest BCUT2D eigenvalue weighted by molar-refractivity contribution is 6.03. The number of carbonyl (C=O) groups is 2. The van der Waals surface area contributed by atoms with E-state index >= 15 is 0 Å². The molecule has 9 heteroatoms. The zero-order valence-electron chi connectivity index (χ0n) is 19.8. The highest BCUT2D eigenvalue weighted by Crippen LogP contribution is 2.39. The Hall–Kier alpha value is -4.40. The van der Waals surface area contributed by atoms with Crippen molar-refractivity contribution in [2.24, 2.45) is 5.10 Å². The molecule has 0 aliphatic carbocycles. The van der Waals surface area contributed by atoms with Crippen LogP contribution in [0.1, 0.15) is 33.9 Å². The number of nitrogens with zero attached hydrogens (tertiary/aromatic N) is 3. The van der Waals surface area contributed by atoms with E-state index in [1.54, 1.807) is 56.6 Å². The third kappa shape index (κ3) is 4.59. The molecule has 2 amide bonds. The first-order valence-electron chi connectivity index (χ1n) is 11.4. The van der Waals surface area contributed by atoms with Gasteiger partial charge < -0.3 is 19.1 Å². The summed E-state index contributed by atoms with van der Waals surface area (Å²) in [5.41, 5.74) is 2.63. The number of fused-ring (bicyclic) bond motifs is 1. The number of methoxy groups -OCH3 is 1. The van der Waals surface area contributed by atoms with Gasteiger partial charge in [-0.05, 0) is 59.7 Å². The van der Waals surface area contributed by atoms with Gasteiger partial charge >= 0.3 is 0 Å². The summed E-state index contributed by atoms with van der Waals surface area (Å²) >= 11 is 0. The standard InChI is InChI=1S/C27H24FN3O5/c1-30(27(33)18-5-10-21(34-2)11-6-18)15-26(32)31-23(19-7-12-24-25(13-19)36-16-35-24)14-22(29-31)17-3-8-20(28)9-4-17/h3-13,23H,14-16H2,1-2H3/t23-/m1/s1. The Morgan fingerprint density at radius 2 is 1.78 bits per heavy atom. The molecule has 8 nitrogen and oxygen atoms in total. The number of likely N-dealkylation sites (N-methyl/N-ethyl adjacent to an activating group) is 1. The molecule has 0 fully saturated rings. The molecule has 0 N–H and O–H groups in total. The normalized spacial score (nSPS) is 16.0. The minimum Gasteiger partial charge on any atom is -0.497 e. The van der Waals surface area contributed by atoms with Gasteiger partial charge in [0.25, 0.3) is 11.8 Å². The molecule has 3 aromatic carbocycles. The van der Waals surface area contributed by atoms with E-state index in [0.29, 0.717) is 34.9 Å². The lowest BCUT2D eigenvalue weighted by Gasteiger charge is -2.25. The molecule has 0 saturated carbocycles. The van der Waals surface area contributed by atoms with Crippen molar-refractivity contribution in [3.8, 4) is 17.2 Å². The SMILES string of the molecule is COc1ccc(C(=O)N(C)CC(=O)N2N=C(c3ccc(F)cc3)C[C@@H]2c2ccc3c(c2)OCO3)cc1. The van der Waals surface area contributed by atoms with E-state index in [-0.39, 0.29) is 31.0 Å². The van der Waals surface area contributed by atoms with Gasteiger partial charge in [0, 0.05) is 19.0 Å². The van der Waals surface area contributed by atoms with E-state index in [4.69, 9.17) is 14.2 Å². The number of rotatable bonds is 6. The fourth-order valence-corrected chi connectivity index (χ4v) is 4.24. The monoisotopic (exact) mass is 489 g/mol. The largest absolute Gasteiger partial charge is 0.497 e. The van der Waals surface area contributed by atoms with E-state index in [0.717, 1.165) is 11.1 Å². The molecule has 2 heterocycles. The van der Waals surface area contributed by atoms with Crippen molar-refractivity contribution in [2.45, 2.75) is 12.5 Å². The van der Waals surface area contributed by atoms with E-state index in [9.17, 15) is 14.0 Å². The second-order valence-electron chi connectivity index (χ2n) is 8.51. The van der Waals surface area contributed by atoms with Gasteiger partial charge in [-0.15, -0.1) is 0 Å². The van der Waals surface area contributed by atoms with Gasteiger partial charge in [0.05, 0.1) is 18.9 Å². The lowest BCUT2D eigenvalue weighted by molar-refractivity contribution is -0.133. The zero-order chi connectivity index (χ0) is 25.2. The molecule has 184 valence electrons. The van der Waals surface area contributed by atoms with Gasteiger partial charge in [0.2, 0.25) is 6.79 Å². The van der Waals surface area contributed by atoms with Crippen LogP contribution in [0.15, 0.2) is 71.8 Å². The second-order valence-corrected chi connectivity index (χ2v) is 8.51. The molecule has 0 bridgehead atoms. The maximum absolute atomic E-state index is 13.5. The Balaban J connectivity index is 1.39. The van der Waals surface area contributed by atoms with Crippen molar-refractivity contribution in [3.63, 3.8) is 0 Å². The number of amides is 2. The van der Waals surface area contributed by atoms with E-state index in [1.807, 2.05) is 12.1 Å². The van der Waals surface area contributed by atoms with E-state index < -0.39 is 6.04 Å². The maximum atomic E-state index is 13.5. The minimum absolute atomic E-state index is 0.141. The number of carbonyl (C=O) groups excluding carboxylic acids is 2. The highest BCUT2D eigenvalue weighted by Gasteiger charge is 2.35. The average Bonchev–Trinajstić information content (AvgIpc) is 3.56. The van der Waals surface area contributed by atoms with Crippen LogP contribution in [0.2, 0.25) is 0 Å². The second kappa shape index (κ2) is 9.69. The van der Waals surface area contributed by atoms with Gasteiger partial charge in [-0.2, -0.15) is 5.10 Å². The summed E-state index contributed by atoms with van der Waals surface area (Å²) in [6.07, 6.45) is 0.424. The van der Waals surface area contributed by atoms with Crippen LogP contribution in [-0.4, -0.2) is 54.9 Å². The van der Waals surface area contributed by atoms with Crippen molar-refractivity contribution in [3.05, 3.63) is 89.2 Å². The summed E-state index contributed by atoms with van der Waals surface area (Å²) in [7, 11) is 3.12. The van der Waals surface area contributed by atoms with Gasteiger partial charge in [-0.3, -0.25) is 9.59 Å². The number of hydrogen-bond donors (Lipinski definition) is 0. The van der Waals surface area contributed by atoms with Crippen molar-refractivity contribution >= 4 is 17.5 Å². The first-order valence-corrected chi connectivity index (χ1v) is 11.4. The summed E-state index contributed by atoms with van der Waals surface area (Å²) in [6.45, 7) is -0.0339. The van der Waals surface area contributed by atoms with E-state index in [2.05, 4.69) is 5.10 Å². The molecule has 2 aliphatic rings. The number of benzene rings is 3. The molecule has 36 heavy (non-hydrogen) atoms. The highest BCUT2D eigenvalue weighted by atomic mass is 19.1. The van der Waals surface area contributed by atoms with Crippen LogP contribution in [0.5, 0.6) is 17.2 Å². The first-order chi connectivity index (χ1) is 17.4. The first kappa shape index (κ1) is 23.3. The van der Waals surface area contributed by atoms with Crippen molar-refractivity contribution in [1.29, 1.82) is 0 Å². The van der Waals surface area contributed by atoms with Gasteiger partial charge in [0.15, 0.2) is 11.5 Å². The van der Waals surface area contributed by atoms with Crippen LogP contribution in [-0.2, 0) is 4.79 Å². The average molecular weight is 490 g/mol. The fourth-order valence-electron chi connectivity index (χ4n) is 4.24. The molecule has 0 aromatic heterocycles. The summed E-state index contributed by atoms with van der Waals surface area (Å²) in [5, 5.41) is 6.00. The summed E-state index contributed by atoms with van der Waals surface area (Å²) < 4.78 is 29.5. The van der Waals surface area contributed by atoms with E-state index in [1.165, 1.54) is 22.0 Å². The molecule has 2 aliphatic heterocycles. The third-order valence-corrected chi connectivity index (χ3v) is 6.18. The Morgan fingerprint density at radius 3 is 2.50 bits per heavy atom. The van der Waals surface area contributed by atoms with Gasteiger partial charge in [0.1, 0.15) is 18.1 Å². The fraction of sp³-hybridized carbons (Fsp3) is 0.222. The smallest absolute Gasteiger partial charge is 0.262 e. The van der Waals surface area contributed by atoms with Gasteiger partial charge in [-0.25, -0.2) is 9.40 Å². The lowest BCUT2D eigenvalue weighted by Crippen LogP contribution is -2.39. The predicted octanol–water partition coefficient (Wildman–Crippen LogP) is 4.01. The molecule has 5 rings (SSSR count). The van der Waals surface area contributed by atoms with Crippen LogP contribution < -0.4 is 14.2 Å². The van der Waals surface area contributed by atoms with Crippen molar-refractivity contribution in [2.75, 3.05) is 27.5 Å². The van der Waals surface area contributed by atoms with Crippen LogP contribution in [0.3, 0.4) is 0 Å². The molecular formula is C27H24FN3O5. The number of hydrogen-bond acceptors (Lipinski definition) is 6. The number of halogens is 1. The molecule has 0 spiro atoms. The predicted molar refractivity (Wildman–Crippen MR) is 130 cm³/mol. The quantitative estimate of drug-likeness (QED) is 0.523. The summed E-state index contributed by atoms with van der Waals surface area (Å²) in [5.74, 6) is 0.876. The van der Waals surface area contributed by atoms with Gasteiger partial charge in [-0.1, -0.05) is 18.2 Å². The van der Waals surface area contributed by atoms with Crippen LogP contribution in [0, 0.1) is 5.82 Å². The number of ether oxygens (including phenoxy) is 3. The molecular weight excluding hydrogens is 465 g/mol. The topological polar surface area (TPSA) is 80.7 Å². The Kier molecular flexibility index (Phi) is 6.28. The van der Waals surface area contributed by atoms with Crippen molar-refractivity contribution < 1.29 is 28.2 Å². The Bertz CT molecular complexity index is 1320. The van der Waals surface area contributed by atoms with Crippen molar-refractivity contribution in [1.82, 2.24) is 9.91 Å². The third-order valence-electron chi connectivity index (χ3n) is 6.18. The van der Waals surface area contributed by atoms with Crippen LogP contribution in [0.4, 0.5) is 4.39 Å². The van der Waals surface area contributed by atoms with Crippen LogP contribution >= 0.6 is 0 Å². The maximum Gasteiger partial charge on any atom is 0.262 e. The number of hydrazone groups is 1. The molecule has 0 unspecified atom stereocenters. The lowest BCUT2D eigenvalue weighted by atomic mass is 9.98. The minimum atomic E-state index is -0.420. The molecule has 0 radical (unpaired) electrons. The Morgan fingerprint density at radius 1 is 1.06 bits per heavy atom. The zero-order valence-corrected chi connectivity index (χ0v) is 19.8. The van der Waals surface area contributed by atoms with Crippen LogP contribution in [0.25, 0.3) is 0 Å². The Labute approximate surface area is 207 Å². The molecule has 0 saturated heterocycles. The molecule has 3 aromatic rings. The molecule has 1 atom stereocenters.